The Labute approximate surface area is 155 Å². The van der Waals surface area contributed by atoms with E-state index in [9.17, 15) is 4.79 Å². The number of rotatable bonds is 5. The highest BCUT2D eigenvalue weighted by atomic mass is 79.9. The van der Waals surface area contributed by atoms with Crippen LogP contribution in [0.1, 0.15) is 40.2 Å². The summed E-state index contributed by atoms with van der Waals surface area (Å²) >= 11 is 3.51. The number of nitrogens with one attached hydrogen (secondary N) is 1. The number of aromatic nitrogens is 2. The standard InChI is InChI=1S/C19H20BrN3O2/c1-4-14-5-7-15(8-6-14)21-19(24)17-10-9-16(25-17)11-23-13(3)18(20)12(2)22-23/h5-10H,4,11H2,1-3H3,(H,21,24). The fourth-order valence-corrected chi connectivity index (χ4v) is 2.86. The summed E-state index contributed by atoms with van der Waals surface area (Å²) in [5, 5.41) is 7.30. The van der Waals surface area contributed by atoms with Crippen molar-refractivity contribution in [3.8, 4) is 0 Å². The Kier molecular flexibility index (Phi) is 5.08. The third-order valence-corrected chi connectivity index (χ3v) is 5.25. The fourth-order valence-electron chi connectivity index (χ4n) is 2.58. The maximum absolute atomic E-state index is 12.3. The first-order valence-electron chi connectivity index (χ1n) is 8.16. The van der Waals surface area contributed by atoms with E-state index >= 15 is 0 Å². The number of anilines is 1. The second-order valence-corrected chi connectivity index (χ2v) is 6.71. The molecule has 0 bridgehead atoms. The van der Waals surface area contributed by atoms with E-state index in [1.807, 2.05) is 42.8 Å². The Balaban J connectivity index is 1.69. The molecule has 0 radical (unpaired) electrons. The lowest BCUT2D eigenvalue weighted by molar-refractivity contribution is 0.0994. The van der Waals surface area contributed by atoms with Crippen LogP contribution in [0.5, 0.6) is 0 Å². The molecule has 5 nitrogen and oxygen atoms in total. The number of carbonyl (C=O) groups excluding carboxylic acids is 1. The number of benzene rings is 1. The van der Waals surface area contributed by atoms with Gasteiger partial charge in [-0.3, -0.25) is 9.48 Å². The summed E-state index contributed by atoms with van der Waals surface area (Å²) < 4.78 is 8.53. The Morgan fingerprint density at radius 3 is 2.52 bits per heavy atom. The van der Waals surface area contributed by atoms with E-state index in [0.717, 1.165) is 28.0 Å². The van der Waals surface area contributed by atoms with E-state index in [-0.39, 0.29) is 11.7 Å². The maximum Gasteiger partial charge on any atom is 0.291 e. The molecule has 3 rings (SSSR count). The molecule has 1 amide bonds. The van der Waals surface area contributed by atoms with Gasteiger partial charge >= 0.3 is 0 Å². The molecule has 0 unspecified atom stereocenters. The molecule has 1 aromatic carbocycles. The topological polar surface area (TPSA) is 60.1 Å². The van der Waals surface area contributed by atoms with Crippen molar-refractivity contribution in [1.29, 1.82) is 0 Å². The first-order chi connectivity index (χ1) is 12.0. The molecule has 0 spiro atoms. The summed E-state index contributed by atoms with van der Waals surface area (Å²) in [6.07, 6.45) is 0.970. The highest BCUT2D eigenvalue weighted by Gasteiger charge is 2.14. The van der Waals surface area contributed by atoms with Crippen LogP contribution in [0.25, 0.3) is 0 Å². The van der Waals surface area contributed by atoms with Crippen molar-refractivity contribution in [2.75, 3.05) is 5.32 Å². The van der Waals surface area contributed by atoms with Crippen LogP contribution in [-0.2, 0) is 13.0 Å². The van der Waals surface area contributed by atoms with E-state index in [1.54, 1.807) is 12.1 Å². The molecular formula is C19H20BrN3O2. The Morgan fingerprint density at radius 2 is 1.92 bits per heavy atom. The van der Waals surface area contributed by atoms with Gasteiger partial charge in [0, 0.05) is 5.69 Å². The number of furan rings is 1. The van der Waals surface area contributed by atoms with Crippen molar-refractivity contribution in [3.63, 3.8) is 0 Å². The third-order valence-electron chi connectivity index (χ3n) is 4.10. The lowest BCUT2D eigenvalue weighted by Gasteiger charge is -2.04. The van der Waals surface area contributed by atoms with Crippen molar-refractivity contribution in [2.45, 2.75) is 33.7 Å². The van der Waals surface area contributed by atoms with Gasteiger partial charge in [0.25, 0.3) is 5.91 Å². The minimum atomic E-state index is -0.259. The van der Waals surface area contributed by atoms with Gasteiger partial charge in [-0.15, -0.1) is 0 Å². The van der Waals surface area contributed by atoms with Crippen molar-refractivity contribution in [2.24, 2.45) is 0 Å². The van der Waals surface area contributed by atoms with Crippen LogP contribution in [0.3, 0.4) is 0 Å². The smallest absolute Gasteiger partial charge is 0.291 e. The molecule has 2 aromatic heterocycles. The van der Waals surface area contributed by atoms with Gasteiger partial charge < -0.3 is 9.73 Å². The van der Waals surface area contributed by atoms with Gasteiger partial charge in [-0.2, -0.15) is 5.10 Å². The monoisotopic (exact) mass is 401 g/mol. The van der Waals surface area contributed by atoms with Gasteiger partial charge in [0.15, 0.2) is 5.76 Å². The molecule has 0 saturated carbocycles. The molecule has 0 aliphatic carbocycles. The Morgan fingerprint density at radius 1 is 1.20 bits per heavy atom. The number of halogens is 1. The molecule has 6 heteroatoms. The first-order valence-corrected chi connectivity index (χ1v) is 8.95. The minimum Gasteiger partial charge on any atom is -0.454 e. The maximum atomic E-state index is 12.3. The summed E-state index contributed by atoms with van der Waals surface area (Å²) in [7, 11) is 0. The van der Waals surface area contributed by atoms with Gasteiger partial charge in [-0.25, -0.2) is 0 Å². The summed E-state index contributed by atoms with van der Waals surface area (Å²) in [5.41, 5.74) is 3.94. The molecule has 0 atom stereocenters. The minimum absolute atomic E-state index is 0.259. The number of nitrogens with zero attached hydrogens (tertiary/aromatic N) is 2. The van der Waals surface area contributed by atoms with Gasteiger partial charge in [-0.1, -0.05) is 19.1 Å². The van der Waals surface area contributed by atoms with E-state index in [1.165, 1.54) is 5.56 Å². The number of hydrogen-bond acceptors (Lipinski definition) is 3. The molecular weight excluding hydrogens is 382 g/mol. The van der Waals surface area contributed by atoms with Crippen LogP contribution in [0.15, 0.2) is 45.3 Å². The number of carbonyl (C=O) groups is 1. The van der Waals surface area contributed by atoms with Crippen molar-refractivity contribution >= 4 is 27.5 Å². The molecule has 1 N–H and O–H groups in total. The van der Waals surface area contributed by atoms with E-state index in [2.05, 4.69) is 33.3 Å². The predicted molar refractivity (Wildman–Crippen MR) is 101 cm³/mol. The number of aryl methyl sites for hydroxylation is 2. The second kappa shape index (κ2) is 7.27. The second-order valence-electron chi connectivity index (χ2n) is 5.91. The predicted octanol–water partition coefficient (Wildman–Crippen LogP) is 4.72. The molecule has 3 aromatic rings. The van der Waals surface area contributed by atoms with Crippen LogP contribution in [0, 0.1) is 13.8 Å². The van der Waals surface area contributed by atoms with Crippen LogP contribution in [0.4, 0.5) is 5.69 Å². The fraction of sp³-hybridized carbons (Fsp3) is 0.263. The summed E-state index contributed by atoms with van der Waals surface area (Å²) in [6, 6.07) is 11.3. The average molecular weight is 402 g/mol. The number of hydrogen-bond donors (Lipinski definition) is 1. The van der Waals surface area contributed by atoms with Crippen molar-refractivity contribution < 1.29 is 9.21 Å². The van der Waals surface area contributed by atoms with E-state index in [4.69, 9.17) is 4.42 Å². The molecule has 0 fully saturated rings. The zero-order chi connectivity index (χ0) is 18.0. The average Bonchev–Trinajstić information content (AvgIpc) is 3.17. The lowest BCUT2D eigenvalue weighted by Crippen LogP contribution is -2.11. The van der Waals surface area contributed by atoms with Gasteiger partial charge in [0.2, 0.25) is 0 Å². The highest BCUT2D eigenvalue weighted by Crippen LogP contribution is 2.21. The van der Waals surface area contributed by atoms with Gasteiger partial charge in [-0.05, 0) is 66.0 Å². The Bertz CT molecular complexity index is 894. The third kappa shape index (κ3) is 3.85. The first kappa shape index (κ1) is 17.5. The molecule has 130 valence electrons. The molecule has 0 saturated heterocycles. The summed E-state index contributed by atoms with van der Waals surface area (Å²) in [4.78, 5) is 12.3. The zero-order valence-corrected chi connectivity index (χ0v) is 16.1. The van der Waals surface area contributed by atoms with E-state index < -0.39 is 0 Å². The summed E-state index contributed by atoms with van der Waals surface area (Å²) in [6.45, 7) is 6.51. The SMILES string of the molecule is CCc1ccc(NC(=O)c2ccc(Cn3nc(C)c(Br)c3C)o2)cc1. The molecule has 0 aliphatic rings. The van der Waals surface area contributed by atoms with Crippen LogP contribution in [0.2, 0.25) is 0 Å². The highest BCUT2D eigenvalue weighted by molar-refractivity contribution is 9.10. The number of amides is 1. The quantitative estimate of drug-likeness (QED) is 0.672. The zero-order valence-electron chi connectivity index (χ0n) is 14.5. The summed E-state index contributed by atoms with van der Waals surface area (Å²) in [5.74, 6) is 0.713. The van der Waals surface area contributed by atoms with E-state index in [0.29, 0.717) is 12.3 Å². The largest absolute Gasteiger partial charge is 0.454 e. The Hall–Kier alpha value is -2.34. The van der Waals surface area contributed by atoms with Crippen molar-refractivity contribution in [3.05, 3.63) is 69.3 Å². The van der Waals surface area contributed by atoms with Crippen LogP contribution in [-0.4, -0.2) is 15.7 Å². The van der Waals surface area contributed by atoms with Crippen LogP contribution < -0.4 is 5.32 Å². The van der Waals surface area contributed by atoms with Gasteiger partial charge in [0.1, 0.15) is 5.76 Å². The lowest BCUT2D eigenvalue weighted by atomic mass is 10.1. The normalized spacial score (nSPS) is 10.9. The van der Waals surface area contributed by atoms with Crippen molar-refractivity contribution in [1.82, 2.24) is 9.78 Å². The van der Waals surface area contributed by atoms with Crippen LogP contribution >= 0.6 is 15.9 Å². The molecule has 2 heterocycles. The molecule has 0 aliphatic heterocycles. The van der Waals surface area contributed by atoms with Gasteiger partial charge in [0.05, 0.1) is 22.4 Å². The molecule has 25 heavy (non-hydrogen) atoms.